The topological polar surface area (TPSA) is 110 Å². The lowest BCUT2D eigenvalue weighted by atomic mass is 10.4. The van der Waals surface area contributed by atoms with Crippen LogP contribution in [0.3, 0.4) is 0 Å². The molecule has 2 aromatic rings. The van der Waals surface area contributed by atoms with E-state index in [1.807, 2.05) is 0 Å². The number of rotatable bonds is 4. The van der Waals surface area contributed by atoms with Crippen LogP contribution in [0, 0.1) is 12.3 Å². The number of carboxylic acid groups (broad SMARTS) is 1. The Bertz CT molecular complexity index is 692. The SMILES string of the molecule is C#CCN(Br)c1cnc(-n2cc(C(=O)O)cn2)nc1N. The highest BCUT2D eigenvalue weighted by Crippen LogP contribution is 2.23. The lowest BCUT2D eigenvalue weighted by Crippen LogP contribution is -2.14. The molecule has 102 valence electrons. The highest BCUT2D eigenvalue weighted by Gasteiger charge is 2.12. The minimum atomic E-state index is -1.08. The van der Waals surface area contributed by atoms with Gasteiger partial charge < -0.3 is 10.8 Å². The van der Waals surface area contributed by atoms with Crippen LogP contribution in [0.5, 0.6) is 0 Å². The van der Waals surface area contributed by atoms with Gasteiger partial charge in [0, 0.05) is 6.20 Å². The fraction of sp³-hybridized carbons (Fsp3) is 0.0909. The molecule has 0 aliphatic carbocycles. The normalized spacial score (nSPS) is 10.0. The Hall–Kier alpha value is -2.60. The molecule has 8 nitrogen and oxygen atoms in total. The lowest BCUT2D eigenvalue weighted by Gasteiger charge is -2.14. The fourth-order valence-electron chi connectivity index (χ4n) is 1.38. The summed E-state index contributed by atoms with van der Waals surface area (Å²) in [5.41, 5.74) is 6.35. The second-order valence-corrected chi connectivity index (χ2v) is 4.50. The van der Waals surface area contributed by atoms with Gasteiger partial charge in [0.2, 0.25) is 0 Å². The lowest BCUT2D eigenvalue weighted by molar-refractivity contribution is 0.0697. The Morgan fingerprint density at radius 2 is 2.35 bits per heavy atom. The number of halogens is 1. The Balaban J connectivity index is 2.33. The van der Waals surface area contributed by atoms with Gasteiger partial charge in [0.1, 0.15) is 5.69 Å². The van der Waals surface area contributed by atoms with Crippen molar-refractivity contribution in [1.29, 1.82) is 0 Å². The molecule has 0 radical (unpaired) electrons. The van der Waals surface area contributed by atoms with Gasteiger partial charge in [-0.25, -0.2) is 14.5 Å². The summed E-state index contributed by atoms with van der Waals surface area (Å²) < 4.78 is 2.77. The highest BCUT2D eigenvalue weighted by atomic mass is 79.9. The number of carbonyl (C=O) groups is 1. The molecule has 2 aromatic heterocycles. The summed E-state index contributed by atoms with van der Waals surface area (Å²) in [5, 5.41) is 12.7. The first-order valence-electron chi connectivity index (χ1n) is 5.30. The third kappa shape index (κ3) is 2.70. The van der Waals surface area contributed by atoms with Crippen LogP contribution in [-0.4, -0.2) is 37.4 Å². The standard InChI is InChI=1S/C11H9BrN6O2/c1-2-3-17(12)8-5-14-11(16-9(8)13)18-6-7(4-15-18)10(19)20/h1,4-6H,3H2,(H,19,20)(H2,13,14,16). The molecule has 0 saturated carbocycles. The summed E-state index contributed by atoms with van der Waals surface area (Å²) in [6.07, 6.45) is 9.16. The average molecular weight is 337 g/mol. The van der Waals surface area contributed by atoms with E-state index in [9.17, 15) is 4.79 Å². The molecule has 0 atom stereocenters. The van der Waals surface area contributed by atoms with Crippen molar-refractivity contribution in [2.24, 2.45) is 0 Å². The van der Waals surface area contributed by atoms with Crippen molar-refractivity contribution < 1.29 is 9.90 Å². The van der Waals surface area contributed by atoms with Gasteiger partial charge in [0.05, 0.1) is 40.6 Å². The second-order valence-electron chi connectivity index (χ2n) is 3.64. The van der Waals surface area contributed by atoms with Crippen molar-refractivity contribution in [2.45, 2.75) is 0 Å². The molecule has 0 fully saturated rings. The molecule has 3 N–H and O–H groups in total. The Labute approximate surface area is 122 Å². The number of nitrogen functional groups attached to an aromatic ring is 1. The summed E-state index contributed by atoms with van der Waals surface area (Å²) >= 11 is 3.23. The number of aromatic carboxylic acids is 1. The van der Waals surface area contributed by atoms with Crippen LogP contribution < -0.4 is 9.66 Å². The van der Waals surface area contributed by atoms with Gasteiger partial charge in [-0.05, 0) is 0 Å². The smallest absolute Gasteiger partial charge is 0.338 e. The summed E-state index contributed by atoms with van der Waals surface area (Å²) in [6, 6.07) is 0. The van der Waals surface area contributed by atoms with E-state index in [2.05, 4.69) is 37.1 Å². The zero-order valence-corrected chi connectivity index (χ0v) is 11.6. The minimum Gasteiger partial charge on any atom is -0.478 e. The number of hydrogen-bond acceptors (Lipinski definition) is 6. The predicted molar refractivity (Wildman–Crippen MR) is 75.6 cm³/mol. The van der Waals surface area contributed by atoms with Gasteiger partial charge in [-0.2, -0.15) is 10.1 Å². The first kappa shape index (κ1) is 13.8. The van der Waals surface area contributed by atoms with E-state index >= 15 is 0 Å². The van der Waals surface area contributed by atoms with E-state index in [1.54, 1.807) is 0 Å². The van der Waals surface area contributed by atoms with Crippen molar-refractivity contribution in [1.82, 2.24) is 19.7 Å². The number of nitrogens with zero attached hydrogens (tertiary/aromatic N) is 5. The third-order valence-electron chi connectivity index (χ3n) is 2.31. The van der Waals surface area contributed by atoms with Crippen LogP contribution in [-0.2, 0) is 0 Å². The van der Waals surface area contributed by atoms with Crippen molar-refractivity contribution in [2.75, 3.05) is 16.2 Å². The maximum absolute atomic E-state index is 10.8. The molecule has 0 spiro atoms. The molecule has 0 aliphatic rings. The quantitative estimate of drug-likeness (QED) is 0.624. The molecule has 0 bridgehead atoms. The third-order valence-corrected chi connectivity index (χ3v) is 2.94. The van der Waals surface area contributed by atoms with E-state index in [4.69, 9.17) is 17.3 Å². The first-order valence-corrected chi connectivity index (χ1v) is 6.01. The maximum Gasteiger partial charge on any atom is 0.338 e. The van der Waals surface area contributed by atoms with Crippen LogP contribution >= 0.6 is 16.1 Å². The summed E-state index contributed by atoms with van der Waals surface area (Å²) in [5.74, 6) is 1.71. The average Bonchev–Trinajstić information content (AvgIpc) is 2.88. The molecular weight excluding hydrogens is 328 g/mol. The molecule has 2 heterocycles. The number of carboxylic acids is 1. The fourth-order valence-corrected chi connectivity index (χ4v) is 1.80. The van der Waals surface area contributed by atoms with Crippen molar-refractivity contribution in [3.8, 4) is 18.3 Å². The number of terminal acetylenes is 1. The monoisotopic (exact) mass is 336 g/mol. The summed E-state index contributed by atoms with van der Waals surface area (Å²) in [6.45, 7) is 0.290. The van der Waals surface area contributed by atoms with Gasteiger partial charge in [-0.15, -0.1) is 6.42 Å². The van der Waals surface area contributed by atoms with Gasteiger partial charge in [-0.3, -0.25) is 3.93 Å². The summed E-state index contributed by atoms with van der Waals surface area (Å²) in [4.78, 5) is 18.9. The van der Waals surface area contributed by atoms with Crippen LogP contribution in [0.15, 0.2) is 18.6 Å². The number of hydrogen-bond donors (Lipinski definition) is 2. The van der Waals surface area contributed by atoms with Gasteiger partial charge in [0.25, 0.3) is 5.95 Å². The second kappa shape index (κ2) is 5.58. The van der Waals surface area contributed by atoms with Crippen LogP contribution in [0.2, 0.25) is 0 Å². The van der Waals surface area contributed by atoms with Crippen LogP contribution in [0.4, 0.5) is 11.5 Å². The molecule has 0 unspecified atom stereocenters. The molecule has 0 amide bonds. The molecule has 9 heteroatoms. The van der Waals surface area contributed by atoms with E-state index in [0.717, 1.165) is 0 Å². The largest absolute Gasteiger partial charge is 0.478 e. The number of nitrogens with two attached hydrogens (primary N) is 1. The zero-order valence-electron chi connectivity index (χ0n) is 10.1. The van der Waals surface area contributed by atoms with Crippen LogP contribution in [0.25, 0.3) is 5.95 Å². The van der Waals surface area contributed by atoms with E-state index in [1.165, 1.54) is 27.2 Å². The van der Waals surface area contributed by atoms with Crippen molar-refractivity contribution in [3.63, 3.8) is 0 Å². The Morgan fingerprint density at radius 3 is 2.90 bits per heavy atom. The predicted octanol–water partition coefficient (Wildman–Crippen LogP) is 0.692. The molecular formula is C11H9BrN6O2. The Kier molecular flexibility index (Phi) is 3.86. The minimum absolute atomic E-state index is 0.0331. The van der Waals surface area contributed by atoms with Crippen LogP contribution in [0.1, 0.15) is 10.4 Å². The number of anilines is 2. The highest BCUT2D eigenvalue weighted by molar-refractivity contribution is 9.10. The first-order chi connectivity index (χ1) is 9.52. The molecule has 2 rings (SSSR count). The molecule has 20 heavy (non-hydrogen) atoms. The van der Waals surface area contributed by atoms with E-state index < -0.39 is 5.97 Å². The van der Waals surface area contributed by atoms with Gasteiger partial charge in [-0.1, -0.05) is 5.92 Å². The van der Waals surface area contributed by atoms with Crippen molar-refractivity contribution >= 4 is 33.6 Å². The molecule has 0 aliphatic heterocycles. The zero-order chi connectivity index (χ0) is 14.7. The molecule has 0 saturated heterocycles. The van der Waals surface area contributed by atoms with Gasteiger partial charge >= 0.3 is 5.97 Å². The summed E-state index contributed by atoms with van der Waals surface area (Å²) in [7, 11) is 0. The van der Waals surface area contributed by atoms with Gasteiger partial charge in [0.15, 0.2) is 5.82 Å². The van der Waals surface area contributed by atoms with E-state index in [0.29, 0.717) is 5.69 Å². The Morgan fingerprint density at radius 1 is 1.60 bits per heavy atom. The van der Waals surface area contributed by atoms with E-state index in [-0.39, 0.29) is 23.9 Å². The number of aromatic nitrogens is 4. The maximum atomic E-state index is 10.8. The van der Waals surface area contributed by atoms with Crippen molar-refractivity contribution in [3.05, 3.63) is 24.2 Å². The molecule has 0 aromatic carbocycles.